The summed E-state index contributed by atoms with van der Waals surface area (Å²) in [6.07, 6.45) is 4.16. The largest absolute Gasteiger partial charge is 0.481 e. The zero-order chi connectivity index (χ0) is 13.9. The van der Waals surface area contributed by atoms with Gasteiger partial charge in [0, 0.05) is 6.07 Å². The fourth-order valence-corrected chi connectivity index (χ4v) is 2.50. The average molecular weight is 265 g/mol. The molecule has 104 valence electrons. The van der Waals surface area contributed by atoms with Crippen LogP contribution in [0.3, 0.4) is 0 Å². The van der Waals surface area contributed by atoms with Crippen molar-refractivity contribution in [3.63, 3.8) is 0 Å². The van der Waals surface area contributed by atoms with E-state index >= 15 is 0 Å². The summed E-state index contributed by atoms with van der Waals surface area (Å²) in [5.41, 5.74) is -0.913. The van der Waals surface area contributed by atoms with Gasteiger partial charge in [-0.15, -0.1) is 0 Å². The number of aliphatic carboxylic acids is 1. The molecule has 1 saturated carbocycles. The van der Waals surface area contributed by atoms with Crippen molar-refractivity contribution in [2.24, 2.45) is 0 Å². The number of anilines is 1. The summed E-state index contributed by atoms with van der Waals surface area (Å²) in [6, 6.07) is 1.63. The van der Waals surface area contributed by atoms with Crippen LogP contribution in [0.1, 0.15) is 37.9 Å². The summed E-state index contributed by atoms with van der Waals surface area (Å²) in [5.74, 6) is 0.681. The predicted octanol–water partition coefficient (Wildman–Crippen LogP) is 1.99. The van der Waals surface area contributed by atoms with Gasteiger partial charge < -0.3 is 15.2 Å². The molecule has 1 aliphatic rings. The molecule has 1 aromatic heterocycles. The van der Waals surface area contributed by atoms with Crippen molar-refractivity contribution in [1.82, 2.24) is 9.97 Å². The number of ether oxygens (including phenoxy) is 1. The van der Waals surface area contributed by atoms with Gasteiger partial charge in [0.05, 0.1) is 7.11 Å². The number of carboxylic acid groups (broad SMARTS) is 1. The van der Waals surface area contributed by atoms with Crippen LogP contribution in [-0.4, -0.2) is 33.7 Å². The lowest BCUT2D eigenvalue weighted by molar-refractivity contribution is -0.143. The molecule has 0 aromatic carbocycles. The van der Waals surface area contributed by atoms with Gasteiger partial charge in [-0.25, -0.2) is 9.78 Å². The van der Waals surface area contributed by atoms with Crippen LogP contribution in [0.5, 0.6) is 5.88 Å². The maximum Gasteiger partial charge on any atom is 0.329 e. The van der Waals surface area contributed by atoms with Crippen molar-refractivity contribution in [3.05, 3.63) is 11.9 Å². The van der Waals surface area contributed by atoms with Crippen molar-refractivity contribution in [1.29, 1.82) is 0 Å². The minimum Gasteiger partial charge on any atom is -0.481 e. The quantitative estimate of drug-likeness (QED) is 0.866. The van der Waals surface area contributed by atoms with Gasteiger partial charge in [0.1, 0.15) is 17.2 Å². The second kappa shape index (κ2) is 5.42. The number of aromatic nitrogens is 2. The Balaban J connectivity index is 2.26. The van der Waals surface area contributed by atoms with Crippen LogP contribution in [0.2, 0.25) is 0 Å². The Bertz CT molecular complexity index is 470. The highest BCUT2D eigenvalue weighted by Gasteiger charge is 2.39. The van der Waals surface area contributed by atoms with E-state index in [1.54, 1.807) is 13.0 Å². The molecule has 2 N–H and O–H groups in total. The summed E-state index contributed by atoms with van der Waals surface area (Å²) >= 11 is 0. The average Bonchev–Trinajstić information content (AvgIpc) is 2.38. The first-order chi connectivity index (χ1) is 9.05. The van der Waals surface area contributed by atoms with E-state index < -0.39 is 11.5 Å². The molecular weight excluding hydrogens is 246 g/mol. The number of nitrogens with zero attached hydrogens (tertiary/aromatic N) is 2. The molecule has 0 atom stereocenters. The standard InChI is InChI=1S/C13H19N3O3/c1-9-14-10(8-11(15-9)19-2)16-13(12(17)18)6-4-3-5-7-13/h8H,3-7H2,1-2H3,(H,17,18)(H,14,15,16). The van der Waals surface area contributed by atoms with Crippen molar-refractivity contribution >= 4 is 11.8 Å². The molecule has 0 aliphatic heterocycles. The molecule has 0 amide bonds. The summed E-state index contributed by atoms with van der Waals surface area (Å²) in [6.45, 7) is 1.75. The van der Waals surface area contributed by atoms with Gasteiger partial charge in [-0.3, -0.25) is 0 Å². The van der Waals surface area contributed by atoms with Gasteiger partial charge in [0.2, 0.25) is 5.88 Å². The second-order valence-corrected chi connectivity index (χ2v) is 4.92. The van der Waals surface area contributed by atoms with E-state index in [1.807, 2.05) is 0 Å². The molecule has 0 saturated heterocycles. The van der Waals surface area contributed by atoms with Crippen molar-refractivity contribution in [2.45, 2.75) is 44.6 Å². The molecule has 2 rings (SSSR count). The number of nitrogens with one attached hydrogen (secondary N) is 1. The Morgan fingerprint density at radius 1 is 1.37 bits per heavy atom. The van der Waals surface area contributed by atoms with Crippen LogP contribution in [0.4, 0.5) is 5.82 Å². The zero-order valence-electron chi connectivity index (χ0n) is 11.3. The number of hydrogen-bond donors (Lipinski definition) is 2. The first kappa shape index (κ1) is 13.6. The number of carboxylic acids is 1. The van der Waals surface area contributed by atoms with Gasteiger partial charge in [0.15, 0.2) is 0 Å². The fourth-order valence-electron chi connectivity index (χ4n) is 2.50. The maximum atomic E-state index is 11.6. The highest BCUT2D eigenvalue weighted by Crippen LogP contribution is 2.32. The SMILES string of the molecule is COc1cc(NC2(C(=O)O)CCCCC2)nc(C)n1. The van der Waals surface area contributed by atoms with E-state index in [0.29, 0.717) is 30.4 Å². The Morgan fingerprint density at radius 3 is 2.63 bits per heavy atom. The number of hydrogen-bond acceptors (Lipinski definition) is 5. The smallest absolute Gasteiger partial charge is 0.329 e. The van der Waals surface area contributed by atoms with E-state index in [-0.39, 0.29) is 0 Å². The number of methoxy groups -OCH3 is 1. The van der Waals surface area contributed by atoms with E-state index in [4.69, 9.17) is 4.74 Å². The number of rotatable bonds is 4. The lowest BCUT2D eigenvalue weighted by Crippen LogP contribution is -2.48. The van der Waals surface area contributed by atoms with Crippen molar-refractivity contribution in [3.8, 4) is 5.88 Å². The normalized spacial score (nSPS) is 17.8. The van der Waals surface area contributed by atoms with Gasteiger partial charge in [0.25, 0.3) is 0 Å². The second-order valence-electron chi connectivity index (χ2n) is 4.92. The summed E-state index contributed by atoms with van der Waals surface area (Å²) in [7, 11) is 1.53. The van der Waals surface area contributed by atoms with Gasteiger partial charge in [-0.05, 0) is 19.8 Å². The summed E-state index contributed by atoms with van der Waals surface area (Å²) in [5, 5.41) is 12.6. The van der Waals surface area contributed by atoms with Gasteiger partial charge in [-0.2, -0.15) is 4.98 Å². The van der Waals surface area contributed by atoms with E-state index in [0.717, 1.165) is 19.3 Å². The minimum absolute atomic E-state index is 0.436. The molecular formula is C13H19N3O3. The lowest BCUT2D eigenvalue weighted by atomic mass is 9.81. The van der Waals surface area contributed by atoms with Crippen LogP contribution in [-0.2, 0) is 4.79 Å². The predicted molar refractivity (Wildman–Crippen MR) is 70.4 cm³/mol. The van der Waals surface area contributed by atoms with Gasteiger partial charge in [-0.1, -0.05) is 19.3 Å². The Hall–Kier alpha value is -1.85. The molecule has 0 unspecified atom stereocenters. The molecule has 1 heterocycles. The number of carbonyl (C=O) groups is 1. The molecule has 0 radical (unpaired) electrons. The first-order valence-corrected chi connectivity index (χ1v) is 6.47. The molecule has 6 heteroatoms. The first-order valence-electron chi connectivity index (χ1n) is 6.47. The molecule has 19 heavy (non-hydrogen) atoms. The maximum absolute atomic E-state index is 11.6. The molecule has 0 bridgehead atoms. The van der Waals surface area contributed by atoms with Crippen molar-refractivity contribution < 1.29 is 14.6 Å². The molecule has 1 fully saturated rings. The number of aryl methyl sites for hydroxylation is 1. The third-order valence-corrected chi connectivity index (χ3v) is 3.51. The van der Waals surface area contributed by atoms with Crippen LogP contribution >= 0.6 is 0 Å². The van der Waals surface area contributed by atoms with E-state index in [9.17, 15) is 9.90 Å². The van der Waals surface area contributed by atoms with E-state index in [1.165, 1.54) is 7.11 Å². The molecule has 0 spiro atoms. The molecule has 1 aromatic rings. The minimum atomic E-state index is -0.913. The zero-order valence-corrected chi connectivity index (χ0v) is 11.3. The summed E-state index contributed by atoms with van der Waals surface area (Å²) < 4.78 is 5.08. The van der Waals surface area contributed by atoms with Crippen LogP contribution in [0.15, 0.2) is 6.07 Å². The fraction of sp³-hybridized carbons (Fsp3) is 0.615. The third kappa shape index (κ3) is 2.94. The Labute approximate surface area is 112 Å². The molecule has 1 aliphatic carbocycles. The highest BCUT2D eigenvalue weighted by atomic mass is 16.5. The van der Waals surface area contributed by atoms with E-state index in [2.05, 4.69) is 15.3 Å². The van der Waals surface area contributed by atoms with Gasteiger partial charge >= 0.3 is 5.97 Å². The summed E-state index contributed by atoms with van der Waals surface area (Å²) in [4.78, 5) is 19.9. The Morgan fingerprint density at radius 2 is 2.05 bits per heavy atom. The molecule has 6 nitrogen and oxygen atoms in total. The van der Waals surface area contributed by atoms with Crippen molar-refractivity contribution in [2.75, 3.05) is 12.4 Å². The lowest BCUT2D eigenvalue weighted by Gasteiger charge is -2.34. The van der Waals surface area contributed by atoms with Crippen LogP contribution in [0.25, 0.3) is 0 Å². The van der Waals surface area contributed by atoms with Crippen LogP contribution < -0.4 is 10.1 Å². The van der Waals surface area contributed by atoms with Crippen LogP contribution in [0, 0.1) is 6.92 Å². The monoisotopic (exact) mass is 265 g/mol. The topological polar surface area (TPSA) is 84.3 Å². The Kier molecular flexibility index (Phi) is 3.87. The third-order valence-electron chi connectivity index (χ3n) is 3.51. The highest BCUT2D eigenvalue weighted by molar-refractivity contribution is 5.82.